The van der Waals surface area contributed by atoms with Crippen molar-refractivity contribution in [3.63, 3.8) is 0 Å². The van der Waals surface area contributed by atoms with E-state index in [-0.39, 0.29) is 29.0 Å². The van der Waals surface area contributed by atoms with Crippen LogP contribution in [0, 0.1) is 0 Å². The van der Waals surface area contributed by atoms with Gasteiger partial charge in [-0.1, -0.05) is 36.4 Å². The van der Waals surface area contributed by atoms with Gasteiger partial charge in [-0.25, -0.2) is 8.42 Å². The van der Waals surface area contributed by atoms with Crippen molar-refractivity contribution in [3.8, 4) is 0 Å². The summed E-state index contributed by atoms with van der Waals surface area (Å²) >= 11 is 0. The number of aryl methyl sites for hydroxylation is 2. The van der Waals surface area contributed by atoms with Crippen LogP contribution in [0.2, 0.25) is 0 Å². The van der Waals surface area contributed by atoms with E-state index in [0.29, 0.717) is 0 Å². The minimum absolute atomic E-state index is 0.0352. The molecular weight excluding hydrogens is 346 g/mol. The third-order valence-electron chi connectivity index (χ3n) is 4.95. The lowest BCUT2D eigenvalue weighted by Crippen LogP contribution is -2.28. The molecule has 1 atom stereocenters. The summed E-state index contributed by atoms with van der Waals surface area (Å²) in [5, 5.41) is 2.92. The van der Waals surface area contributed by atoms with Gasteiger partial charge in [-0.15, -0.1) is 0 Å². The molecule has 1 aliphatic carbocycles. The number of benzene rings is 2. The highest BCUT2D eigenvalue weighted by Gasteiger charge is 2.18. The number of sulfone groups is 1. The number of hydrogen-bond donors (Lipinski definition) is 1. The Hall–Kier alpha value is -2.14. The van der Waals surface area contributed by atoms with Crippen molar-refractivity contribution in [1.82, 2.24) is 5.32 Å². The van der Waals surface area contributed by atoms with Gasteiger partial charge in [0.2, 0.25) is 5.91 Å². The number of carbonyl (C=O) groups excluding carboxylic acids is 1. The van der Waals surface area contributed by atoms with Crippen LogP contribution in [0.15, 0.2) is 53.4 Å². The summed E-state index contributed by atoms with van der Waals surface area (Å²) in [5.74, 6) is -0.422. The van der Waals surface area contributed by atoms with Crippen LogP contribution in [-0.4, -0.2) is 20.1 Å². The third kappa shape index (κ3) is 4.52. The van der Waals surface area contributed by atoms with Gasteiger partial charge in [-0.2, -0.15) is 0 Å². The van der Waals surface area contributed by atoms with Gasteiger partial charge >= 0.3 is 0 Å². The van der Waals surface area contributed by atoms with Crippen LogP contribution in [0.25, 0.3) is 0 Å². The summed E-state index contributed by atoms with van der Waals surface area (Å²) < 4.78 is 24.5. The predicted octanol–water partition coefficient (Wildman–Crippen LogP) is 3.61. The highest BCUT2D eigenvalue weighted by Crippen LogP contribution is 2.24. The lowest BCUT2D eigenvalue weighted by atomic mass is 9.89. The average molecular weight is 372 g/mol. The summed E-state index contributed by atoms with van der Waals surface area (Å²) in [6.45, 7) is 1.94. The molecule has 0 spiro atoms. The van der Waals surface area contributed by atoms with Crippen LogP contribution in [0.4, 0.5) is 0 Å². The van der Waals surface area contributed by atoms with Gasteiger partial charge in [0.25, 0.3) is 0 Å². The Balaban J connectivity index is 1.58. The van der Waals surface area contributed by atoms with Crippen LogP contribution < -0.4 is 5.32 Å². The van der Waals surface area contributed by atoms with Crippen molar-refractivity contribution in [1.29, 1.82) is 0 Å². The number of nitrogens with one attached hydrogen (secondary N) is 1. The lowest BCUT2D eigenvalue weighted by molar-refractivity contribution is -0.121. The van der Waals surface area contributed by atoms with E-state index in [9.17, 15) is 13.2 Å². The van der Waals surface area contributed by atoms with E-state index in [1.165, 1.54) is 24.0 Å². The van der Waals surface area contributed by atoms with Gasteiger partial charge in [0, 0.05) is 6.42 Å². The molecule has 0 bridgehead atoms. The SMILES string of the molecule is C[C@@H](NC(=O)CCS(=O)(=O)c1ccccc1)c1ccc2c(c1)CCCC2. The highest BCUT2D eigenvalue weighted by atomic mass is 32.2. The molecule has 0 radical (unpaired) electrons. The van der Waals surface area contributed by atoms with Gasteiger partial charge in [0.15, 0.2) is 9.84 Å². The molecule has 0 saturated carbocycles. The molecule has 2 aromatic rings. The van der Waals surface area contributed by atoms with Crippen molar-refractivity contribution >= 4 is 15.7 Å². The fourth-order valence-electron chi connectivity index (χ4n) is 3.39. The monoisotopic (exact) mass is 371 g/mol. The first-order valence-electron chi connectivity index (χ1n) is 9.14. The molecule has 0 heterocycles. The zero-order valence-electron chi connectivity index (χ0n) is 15.1. The topological polar surface area (TPSA) is 63.2 Å². The molecule has 3 rings (SSSR count). The maximum Gasteiger partial charge on any atom is 0.221 e. The first-order chi connectivity index (χ1) is 12.5. The summed E-state index contributed by atoms with van der Waals surface area (Å²) in [6.07, 6.45) is 4.66. The molecule has 0 aromatic heterocycles. The molecule has 0 saturated heterocycles. The van der Waals surface area contributed by atoms with Crippen LogP contribution in [0.1, 0.15) is 48.9 Å². The minimum Gasteiger partial charge on any atom is -0.350 e. The number of amides is 1. The van der Waals surface area contributed by atoms with Crippen molar-refractivity contribution < 1.29 is 13.2 Å². The molecule has 1 aliphatic rings. The molecule has 1 N–H and O–H groups in total. The Morgan fingerprint density at radius 2 is 1.73 bits per heavy atom. The van der Waals surface area contributed by atoms with E-state index >= 15 is 0 Å². The van der Waals surface area contributed by atoms with Crippen molar-refractivity contribution in [3.05, 3.63) is 65.2 Å². The standard InChI is InChI=1S/C21H25NO3S/c1-16(18-12-11-17-7-5-6-8-19(17)15-18)22-21(23)13-14-26(24,25)20-9-3-2-4-10-20/h2-4,9-12,15-16H,5-8,13-14H2,1H3,(H,22,23)/t16-/m1/s1. The molecule has 0 unspecified atom stereocenters. The fraction of sp³-hybridized carbons (Fsp3) is 0.381. The molecule has 0 aliphatic heterocycles. The highest BCUT2D eigenvalue weighted by molar-refractivity contribution is 7.91. The van der Waals surface area contributed by atoms with E-state index in [2.05, 4.69) is 23.5 Å². The van der Waals surface area contributed by atoms with Crippen LogP contribution in [0.3, 0.4) is 0 Å². The van der Waals surface area contributed by atoms with Gasteiger partial charge in [0.05, 0.1) is 16.7 Å². The van der Waals surface area contributed by atoms with E-state index in [0.717, 1.165) is 18.4 Å². The van der Waals surface area contributed by atoms with Crippen molar-refractivity contribution in [2.75, 3.05) is 5.75 Å². The lowest BCUT2D eigenvalue weighted by Gasteiger charge is -2.20. The fourth-order valence-corrected chi connectivity index (χ4v) is 4.65. The second kappa shape index (κ2) is 8.04. The minimum atomic E-state index is -3.43. The first kappa shape index (κ1) is 18.6. The number of hydrogen-bond acceptors (Lipinski definition) is 3. The van der Waals surface area contributed by atoms with E-state index in [1.54, 1.807) is 30.3 Å². The Bertz CT molecular complexity index is 875. The molecule has 26 heavy (non-hydrogen) atoms. The molecular formula is C21H25NO3S. The largest absolute Gasteiger partial charge is 0.350 e. The maximum atomic E-state index is 12.3. The molecule has 1 amide bonds. The average Bonchev–Trinajstić information content (AvgIpc) is 2.67. The third-order valence-corrected chi connectivity index (χ3v) is 6.68. The Labute approximate surface area is 155 Å². The Morgan fingerprint density at radius 3 is 2.46 bits per heavy atom. The van der Waals surface area contributed by atoms with Crippen LogP contribution >= 0.6 is 0 Å². The van der Waals surface area contributed by atoms with Gasteiger partial charge < -0.3 is 5.32 Å². The van der Waals surface area contributed by atoms with E-state index in [1.807, 2.05) is 6.92 Å². The Kier molecular flexibility index (Phi) is 5.77. The van der Waals surface area contributed by atoms with Crippen molar-refractivity contribution in [2.24, 2.45) is 0 Å². The summed E-state index contributed by atoms with van der Waals surface area (Å²) in [5.41, 5.74) is 3.86. The van der Waals surface area contributed by atoms with E-state index in [4.69, 9.17) is 0 Å². The molecule has 4 nitrogen and oxygen atoms in total. The molecule has 138 valence electrons. The molecule has 2 aromatic carbocycles. The smallest absolute Gasteiger partial charge is 0.221 e. The number of rotatable bonds is 6. The Morgan fingerprint density at radius 1 is 1.04 bits per heavy atom. The molecule has 5 heteroatoms. The number of carbonyl (C=O) groups is 1. The second-order valence-corrected chi connectivity index (χ2v) is 9.02. The van der Waals surface area contributed by atoms with Gasteiger partial charge in [-0.3, -0.25) is 4.79 Å². The second-order valence-electron chi connectivity index (χ2n) is 6.91. The summed E-state index contributed by atoms with van der Waals surface area (Å²) in [4.78, 5) is 12.5. The van der Waals surface area contributed by atoms with Gasteiger partial charge in [-0.05, 0) is 61.4 Å². The number of fused-ring (bicyclic) bond motifs is 1. The summed E-state index contributed by atoms with van der Waals surface area (Å²) in [6, 6.07) is 14.5. The molecule has 0 fully saturated rings. The zero-order chi connectivity index (χ0) is 18.6. The first-order valence-corrected chi connectivity index (χ1v) is 10.8. The van der Waals surface area contributed by atoms with Gasteiger partial charge in [0.1, 0.15) is 0 Å². The predicted molar refractivity (Wildman–Crippen MR) is 103 cm³/mol. The van der Waals surface area contributed by atoms with Crippen molar-refractivity contribution in [2.45, 2.75) is 50.0 Å². The normalized spacial score (nSPS) is 15.1. The van der Waals surface area contributed by atoms with Crippen LogP contribution in [-0.2, 0) is 27.5 Å². The zero-order valence-corrected chi connectivity index (χ0v) is 15.9. The van der Waals surface area contributed by atoms with E-state index < -0.39 is 9.84 Å². The van der Waals surface area contributed by atoms with Crippen LogP contribution in [0.5, 0.6) is 0 Å². The maximum absolute atomic E-state index is 12.3. The summed E-state index contributed by atoms with van der Waals surface area (Å²) in [7, 11) is -3.43. The quantitative estimate of drug-likeness (QED) is 0.844.